The Morgan fingerprint density at radius 2 is 2.17 bits per heavy atom. The zero-order valence-electron chi connectivity index (χ0n) is 10.5. The van der Waals surface area contributed by atoms with E-state index in [1.54, 1.807) is 19.2 Å². The number of hydrogen-bond acceptors (Lipinski definition) is 6. The number of methoxy groups -OCH3 is 1. The van der Waals surface area contributed by atoms with E-state index in [1.807, 2.05) is 0 Å². The molecule has 0 fully saturated rings. The molecule has 0 aliphatic rings. The first-order valence-electron chi connectivity index (χ1n) is 5.85. The van der Waals surface area contributed by atoms with Crippen LogP contribution in [0.5, 0.6) is 0 Å². The number of carbonyl (C=O) groups excluding carboxylic acids is 1. The fourth-order valence-electron chi connectivity index (χ4n) is 1.37. The van der Waals surface area contributed by atoms with Gasteiger partial charge in [0.05, 0.1) is 0 Å². The number of nitrogens with one attached hydrogen (secondary N) is 2. The van der Waals surface area contributed by atoms with Gasteiger partial charge in [-0.3, -0.25) is 4.79 Å². The van der Waals surface area contributed by atoms with Gasteiger partial charge in [0, 0.05) is 20.3 Å². The molecule has 1 amide bonds. The molecule has 0 atom stereocenters. The molecule has 0 saturated carbocycles. The van der Waals surface area contributed by atoms with Crippen LogP contribution in [-0.4, -0.2) is 36.4 Å². The summed E-state index contributed by atoms with van der Waals surface area (Å²) in [7, 11) is 1.68. The van der Waals surface area contributed by atoms with Crippen LogP contribution in [0.1, 0.15) is 29.8 Å². The van der Waals surface area contributed by atoms with E-state index in [9.17, 15) is 4.79 Å². The highest BCUT2D eigenvalue weighted by molar-refractivity contribution is 5.92. The number of amides is 1. The number of unbranched alkanes of at least 4 members (excludes halogenated alkanes) is 2. The van der Waals surface area contributed by atoms with Crippen molar-refractivity contribution in [3.05, 3.63) is 17.8 Å². The molecule has 1 rings (SSSR count). The molecule has 0 aliphatic heterocycles. The van der Waals surface area contributed by atoms with E-state index >= 15 is 0 Å². The predicted molar refractivity (Wildman–Crippen MR) is 67.9 cm³/mol. The number of hydrazine groups is 1. The van der Waals surface area contributed by atoms with Crippen molar-refractivity contribution in [2.45, 2.75) is 19.3 Å². The van der Waals surface area contributed by atoms with Crippen LogP contribution in [0.4, 0.5) is 5.82 Å². The number of nitrogens with zero attached hydrogens (tertiary/aromatic N) is 2. The van der Waals surface area contributed by atoms with Gasteiger partial charge in [0.2, 0.25) is 0 Å². The summed E-state index contributed by atoms with van der Waals surface area (Å²) >= 11 is 0. The van der Waals surface area contributed by atoms with Gasteiger partial charge in [0.15, 0.2) is 11.5 Å². The monoisotopic (exact) mass is 253 g/mol. The zero-order valence-corrected chi connectivity index (χ0v) is 10.5. The first kappa shape index (κ1) is 14.3. The molecule has 0 saturated heterocycles. The second kappa shape index (κ2) is 8.37. The van der Waals surface area contributed by atoms with Crippen LogP contribution >= 0.6 is 0 Å². The van der Waals surface area contributed by atoms with E-state index in [1.165, 1.54) is 0 Å². The third-order valence-corrected chi connectivity index (χ3v) is 2.36. The Morgan fingerprint density at radius 1 is 1.33 bits per heavy atom. The van der Waals surface area contributed by atoms with Crippen LogP contribution in [0, 0.1) is 0 Å². The van der Waals surface area contributed by atoms with E-state index in [4.69, 9.17) is 10.6 Å². The molecular weight excluding hydrogens is 234 g/mol. The molecule has 0 unspecified atom stereocenters. The highest BCUT2D eigenvalue weighted by Gasteiger charge is 2.06. The normalized spacial score (nSPS) is 10.1. The molecule has 18 heavy (non-hydrogen) atoms. The summed E-state index contributed by atoms with van der Waals surface area (Å²) in [4.78, 5) is 11.6. The number of anilines is 1. The summed E-state index contributed by atoms with van der Waals surface area (Å²) in [6.07, 6.45) is 2.95. The number of aromatic nitrogens is 2. The van der Waals surface area contributed by atoms with Crippen molar-refractivity contribution in [1.29, 1.82) is 0 Å². The highest BCUT2D eigenvalue weighted by Crippen LogP contribution is 2.00. The van der Waals surface area contributed by atoms with E-state index in [2.05, 4.69) is 20.9 Å². The molecule has 0 aromatic carbocycles. The zero-order chi connectivity index (χ0) is 13.2. The number of rotatable bonds is 8. The van der Waals surface area contributed by atoms with Crippen LogP contribution in [0.25, 0.3) is 0 Å². The Kier molecular flexibility index (Phi) is 6.67. The molecule has 0 bridgehead atoms. The van der Waals surface area contributed by atoms with Crippen molar-refractivity contribution in [2.75, 3.05) is 25.7 Å². The third-order valence-electron chi connectivity index (χ3n) is 2.36. The number of ether oxygens (including phenoxy) is 1. The lowest BCUT2D eigenvalue weighted by atomic mass is 10.2. The number of hydrogen-bond donors (Lipinski definition) is 3. The molecule has 7 nitrogen and oxygen atoms in total. The van der Waals surface area contributed by atoms with Gasteiger partial charge in [-0.15, -0.1) is 10.2 Å². The van der Waals surface area contributed by atoms with E-state index in [0.29, 0.717) is 12.4 Å². The molecule has 1 aromatic rings. The van der Waals surface area contributed by atoms with Gasteiger partial charge < -0.3 is 15.5 Å². The highest BCUT2D eigenvalue weighted by atomic mass is 16.5. The predicted octanol–water partition coefficient (Wildman–Crippen LogP) is 0.309. The van der Waals surface area contributed by atoms with Gasteiger partial charge in [0.25, 0.3) is 5.91 Å². The lowest BCUT2D eigenvalue weighted by molar-refractivity contribution is 0.0946. The van der Waals surface area contributed by atoms with Crippen molar-refractivity contribution in [1.82, 2.24) is 15.5 Å². The summed E-state index contributed by atoms with van der Waals surface area (Å²) in [6.45, 7) is 1.38. The van der Waals surface area contributed by atoms with Gasteiger partial charge in [0.1, 0.15) is 0 Å². The van der Waals surface area contributed by atoms with Crippen molar-refractivity contribution < 1.29 is 9.53 Å². The summed E-state index contributed by atoms with van der Waals surface area (Å²) in [5.41, 5.74) is 2.63. The van der Waals surface area contributed by atoms with Gasteiger partial charge in [-0.2, -0.15) is 0 Å². The van der Waals surface area contributed by atoms with Crippen LogP contribution in [0.2, 0.25) is 0 Å². The maximum Gasteiger partial charge on any atom is 0.271 e. The molecule has 0 aliphatic carbocycles. The van der Waals surface area contributed by atoms with E-state index < -0.39 is 0 Å². The molecular formula is C11H19N5O2. The topological polar surface area (TPSA) is 102 Å². The molecule has 0 radical (unpaired) electrons. The summed E-state index contributed by atoms with van der Waals surface area (Å²) in [5, 5.41) is 10.3. The second-order valence-corrected chi connectivity index (χ2v) is 3.76. The van der Waals surface area contributed by atoms with Crippen molar-refractivity contribution in [2.24, 2.45) is 5.84 Å². The minimum atomic E-state index is -0.224. The molecule has 0 spiro atoms. The Bertz CT molecular complexity index is 355. The Hall–Kier alpha value is -1.73. The van der Waals surface area contributed by atoms with Gasteiger partial charge in [-0.05, 0) is 31.4 Å². The number of carbonyl (C=O) groups is 1. The SMILES string of the molecule is COCCCCCNC(=O)c1ccc(NN)nn1. The second-order valence-electron chi connectivity index (χ2n) is 3.76. The third kappa shape index (κ3) is 5.07. The van der Waals surface area contributed by atoms with Gasteiger partial charge in [-0.25, -0.2) is 5.84 Å². The fraction of sp³-hybridized carbons (Fsp3) is 0.545. The summed E-state index contributed by atoms with van der Waals surface area (Å²) < 4.78 is 4.94. The van der Waals surface area contributed by atoms with Crippen LogP contribution < -0.4 is 16.6 Å². The van der Waals surface area contributed by atoms with Crippen LogP contribution in [0.3, 0.4) is 0 Å². The molecule has 100 valence electrons. The smallest absolute Gasteiger partial charge is 0.271 e. The maximum atomic E-state index is 11.6. The average molecular weight is 253 g/mol. The van der Waals surface area contributed by atoms with Gasteiger partial charge in [-0.1, -0.05) is 0 Å². The standard InChI is InChI=1S/C11H19N5O2/c1-18-8-4-2-3-7-13-11(17)9-5-6-10(14-12)16-15-9/h5-6H,2-4,7-8,12H2,1H3,(H,13,17)(H,14,16). The number of nitrogens with two attached hydrogens (primary N) is 1. The minimum Gasteiger partial charge on any atom is -0.385 e. The van der Waals surface area contributed by atoms with E-state index in [0.717, 1.165) is 25.9 Å². The van der Waals surface area contributed by atoms with Crippen LogP contribution in [-0.2, 0) is 4.74 Å². The Balaban J connectivity index is 2.23. The Labute approximate surface area is 106 Å². The van der Waals surface area contributed by atoms with Crippen molar-refractivity contribution in [3.63, 3.8) is 0 Å². The molecule has 1 heterocycles. The van der Waals surface area contributed by atoms with Crippen LogP contribution in [0.15, 0.2) is 12.1 Å². The lowest BCUT2D eigenvalue weighted by Gasteiger charge is -2.04. The maximum absolute atomic E-state index is 11.6. The minimum absolute atomic E-state index is 0.224. The average Bonchev–Trinajstić information content (AvgIpc) is 2.42. The summed E-state index contributed by atoms with van der Waals surface area (Å²) in [6, 6.07) is 3.17. The first-order chi connectivity index (χ1) is 8.77. The van der Waals surface area contributed by atoms with Gasteiger partial charge >= 0.3 is 0 Å². The molecule has 4 N–H and O–H groups in total. The molecule has 7 heteroatoms. The quantitative estimate of drug-likeness (QED) is 0.350. The van der Waals surface area contributed by atoms with E-state index in [-0.39, 0.29) is 11.6 Å². The van der Waals surface area contributed by atoms with Crippen molar-refractivity contribution >= 4 is 11.7 Å². The lowest BCUT2D eigenvalue weighted by Crippen LogP contribution is -2.25. The van der Waals surface area contributed by atoms with Crippen molar-refractivity contribution in [3.8, 4) is 0 Å². The Morgan fingerprint density at radius 3 is 2.78 bits per heavy atom. The first-order valence-corrected chi connectivity index (χ1v) is 5.85. The number of nitrogen functional groups attached to an aromatic ring is 1. The largest absolute Gasteiger partial charge is 0.385 e. The fourth-order valence-corrected chi connectivity index (χ4v) is 1.37. The molecule has 1 aromatic heterocycles. The summed E-state index contributed by atoms with van der Waals surface area (Å²) in [5.74, 6) is 5.35.